The zero-order valence-electron chi connectivity index (χ0n) is 8.16. The maximum Gasteiger partial charge on any atom is 0.114 e. The highest BCUT2D eigenvalue weighted by atomic mass is 35.5. The van der Waals surface area contributed by atoms with Crippen LogP contribution in [0, 0.1) is 6.92 Å². The number of benzene rings is 1. The maximum atomic E-state index is 12.9. The molecule has 1 saturated heterocycles. The van der Waals surface area contributed by atoms with Gasteiger partial charge in [0.1, 0.15) is 6.17 Å². The lowest BCUT2D eigenvalue weighted by atomic mass is 10.0. The smallest absolute Gasteiger partial charge is 0.114 e. The van der Waals surface area contributed by atoms with Gasteiger partial charge in [0.25, 0.3) is 0 Å². The zero-order chi connectivity index (χ0) is 9.26. The van der Waals surface area contributed by atoms with E-state index >= 15 is 0 Å². The molecular weight excluding hydrogens is 201 g/mol. The van der Waals surface area contributed by atoms with Gasteiger partial charge < -0.3 is 5.32 Å². The van der Waals surface area contributed by atoms with Gasteiger partial charge in [-0.2, -0.15) is 0 Å². The predicted octanol–water partition coefficient (Wildman–Crippen LogP) is 2.79. The van der Waals surface area contributed by atoms with Gasteiger partial charge in [0.05, 0.1) is 0 Å². The topological polar surface area (TPSA) is 12.0 Å². The van der Waals surface area contributed by atoms with Gasteiger partial charge in [-0.05, 0) is 18.9 Å². The molecule has 1 aliphatic rings. The molecule has 1 aromatic rings. The fraction of sp³-hybridized carbons (Fsp3) is 0.455. The van der Waals surface area contributed by atoms with Gasteiger partial charge in [-0.15, -0.1) is 12.4 Å². The van der Waals surface area contributed by atoms with E-state index in [0.717, 1.165) is 0 Å². The van der Waals surface area contributed by atoms with E-state index in [9.17, 15) is 4.39 Å². The van der Waals surface area contributed by atoms with Crippen LogP contribution in [0.2, 0.25) is 0 Å². The summed E-state index contributed by atoms with van der Waals surface area (Å²) in [5.41, 5.74) is 2.45. The van der Waals surface area contributed by atoms with Gasteiger partial charge >= 0.3 is 0 Å². The lowest BCUT2D eigenvalue weighted by Gasteiger charge is -2.09. The molecule has 2 unspecified atom stereocenters. The molecule has 0 aromatic heterocycles. The van der Waals surface area contributed by atoms with E-state index in [4.69, 9.17) is 0 Å². The number of halogens is 2. The third kappa shape index (κ3) is 2.46. The van der Waals surface area contributed by atoms with Crippen LogP contribution < -0.4 is 5.32 Å². The van der Waals surface area contributed by atoms with E-state index in [-0.39, 0.29) is 18.4 Å². The van der Waals surface area contributed by atoms with E-state index in [0.29, 0.717) is 13.0 Å². The Morgan fingerprint density at radius 1 is 1.29 bits per heavy atom. The molecule has 2 atom stereocenters. The van der Waals surface area contributed by atoms with Crippen molar-refractivity contribution in [1.29, 1.82) is 0 Å². The molecule has 3 heteroatoms. The molecule has 0 saturated carbocycles. The fourth-order valence-corrected chi connectivity index (χ4v) is 1.75. The van der Waals surface area contributed by atoms with Crippen LogP contribution in [-0.4, -0.2) is 12.7 Å². The van der Waals surface area contributed by atoms with Crippen LogP contribution in [0.25, 0.3) is 0 Å². The van der Waals surface area contributed by atoms with Crippen molar-refractivity contribution in [3.05, 3.63) is 35.4 Å². The molecule has 78 valence electrons. The molecule has 1 fully saturated rings. The minimum Gasteiger partial charge on any atom is -0.307 e. The SMILES string of the molecule is Cc1ccc(C2CC(F)CN2)cc1.Cl. The van der Waals surface area contributed by atoms with Crippen LogP contribution >= 0.6 is 12.4 Å². The fourth-order valence-electron chi connectivity index (χ4n) is 1.75. The summed E-state index contributed by atoms with van der Waals surface area (Å²) in [4.78, 5) is 0. The predicted molar refractivity (Wildman–Crippen MR) is 58.7 cm³/mol. The maximum absolute atomic E-state index is 12.9. The van der Waals surface area contributed by atoms with Crippen molar-refractivity contribution in [3.63, 3.8) is 0 Å². The number of aryl methyl sites for hydroxylation is 1. The first kappa shape index (κ1) is 11.5. The van der Waals surface area contributed by atoms with Crippen LogP contribution in [0.4, 0.5) is 4.39 Å². The summed E-state index contributed by atoms with van der Waals surface area (Å²) in [5, 5.41) is 3.17. The van der Waals surface area contributed by atoms with E-state index < -0.39 is 6.17 Å². The van der Waals surface area contributed by atoms with Crippen LogP contribution in [0.5, 0.6) is 0 Å². The Morgan fingerprint density at radius 3 is 2.43 bits per heavy atom. The van der Waals surface area contributed by atoms with E-state index in [1.165, 1.54) is 11.1 Å². The Labute approximate surface area is 90.1 Å². The summed E-state index contributed by atoms with van der Waals surface area (Å²) in [6, 6.07) is 8.51. The lowest BCUT2D eigenvalue weighted by Crippen LogP contribution is -2.13. The molecule has 14 heavy (non-hydrogen) atoms. The first-order chi connectivity index (χ1) is 6.25. The van der Waals surface area contributed by atoms with Gasteiger partial charge in [-0.3, -0.25) is 0 Å². The van der Waals surface area contributed by atoms with Crippen LogP contribution in [0.15, 0.2) is 24.3 Å². The number of rotatable bonds is 1. The number of hydrogen-bond acceptors (Lipinski definition) is 1. The first-order valence-electron chi connectivity index (χ1n) is 4.70. The van der Waals surface area contributed by atoms with E-state index in [1.807, 2.05) is 0 Å². The minimum absolute atomic E-state index is 0. The standard InChI is InChI=1S/C11H14FN.ClH/c1-8-2-4-9(5-3-8)11-6-10(12)7-13-11;/h2-5,10-11,13H,6-7H2,1H3;1H. The Kier molecular flexibility index (Phi) is 3.90. The number of alkyl halides is 1. The Morgan fingerprint density at radius 2 is 1.93 bits per heavy atom. The minimum atomic E-state index is -0.675. The third-order valence-corrected chi connectivity index (χ3v) is 2.56. The van der Waals surface area contributed by atoms with Gasteiger partial charge in [0, 0.05) is 12.6 Å². The molecule has 1 aromatic carbocycles. The summed E-state index contributed by atoms with van der Waals surface area (Å²) < 4.78 is 12.9. The van der Waals surface area contributed by atoms with Crippen molar-refractivity contribution >= 4 is 12.4 Å². The highest BCUT2D eigenvalue weighted by Crippen LogP contribution is 2.24. The number of hydrogen-bond donors (Lipinski definition) is 1. The Balaban J connectivity index is 0.000000980. The highest BCUT2D eigenvalue weighted by molar-refractivity contribution is 5.85. The average Bonchev–Trinajstić information content (AvgIpc) is 2.53. The van der Waals surface area contributed by atoms with Gasteiger partial charge in [-0.25, -0.2) is 4.39 Å². The van der Waals surface area contributed by atoms with Crippen molar-refractivity contribution < 1.29 is 4.39 Å². The molecule has 1 nitrogen and oxygen atoms in total. The largest absolute Gasteiger partial charge is 0.307 e. The normalized spacial score (nSPS) is 25.9. The van der Waals surface area contributed by atoms with Gasteiger partial charge in [-0.1, -0.05) is 29.8 Å². The molecule has 1 heterocycles. The summed E-state index contributed by atoms with van der Waals surface area (Å²) in [7, 11) is 0. The molecular formula is C11H15ClFN. The zero-order valence-corrected chi connectivity index (χ0v) is 8.98. The monoisotopic (exact) mass is 215 g/mol. The molecule has 0 amide bonds. The second-order valence-electron chi connectivity index (χ2n) is 3.70. The first-order valence-corrected chi connectivity index (χ1v) is 4.70. The Hall–Kier alpha value is -0.600. The molecule has 0 bridgehead atoms. The van der Waals surface area contributed by atoms with Crippen LogP contribution in [-0.2, 0) is 0 Å². The molecule has 0 radical (unpaired) electrons. The lowest BCUT2D eigenvalue weighted by molar-refractivity contribution is 0.356. The third-order valence-electron chi connectivity index (χ3n) is 2.56. The van der Waals surface area contributed by atoms with Crippen LogP contribution in [0.3, 0.4) is 0 Å². The summed E-state index contributed by atoms with van der Waals surface area (Å²) >= 11 is 0. The molecule has 0 aliphatic carbocycles. The summed E-state index contributed by atoms with van der Waals surface area (Å²) in [5.74, 6) is 0. The summed E-state index contributed by atoms with van der Waals surface area (Å²) in [6.07, 6.45) is -0.0606. The second kappa shape index (κ2) is 4.76. The van der Waals surface area contributed by atoms with E-state index in [2.05, 4.69) is 36.5 Å². The average molecular weight is 216 g/mol. The van der Waals surface area contributed by atoms with Crippen molar-refractivity contribution in [3.8, 4) is 0 Å². The summed E-state index contributed by atoms with van der Waals surface area (Å²) in [6.45, 7) is 2.56. The van der Waals surface area contributed by atoms with Crippen molar-refractivity contribution in [2.45, 2.75) is 25.6 Å². The molecule has 1 N–H and O–H groups in total. The molecule has 2 rings (SSSR count). The number of nitrogens with one attached hydrogen (secondary N) is 1. The second-order valence-corrected chi connectivity index (χ2v) is 3.70. The van der Waals surface area contributed by atoms with Crippen molar-refractivity contribution in [2.75, 3.05) is 6.54 Å². The van der Waals surface area contributed by atoms with Crippen molar-refractivity contribution in [1.82, 2.24) is 5.32 Å². The Bertz CT molecular complexity index is 286. The van der Waals surface area contributed by atoms with E-state index in [1.54, 1.807) is 0 Å². The van der Waals surface area contributed by atoms with Gasteiger partial charge in [0.2, 0.25) is 0 Å². The van der Waals surface area contributed by atoms with Crippen molar-refractivity contribution in [2.24, 2.45) is 0 Å². The molecule has 1 aliphatic heterocycles. The van der Waals surface area contributed by atoms with Gasteiger partial charge in [0.15, 0.2) is 0 Å². The van der Waals surface area contributed by atoms with Crippen LogP contribution in [0.1, 0.15) is 23.6 Å². The molecule has 0 spiro atoms. The quantitative estimate of drug-likeness (QED) is 0.760. The highest BCUT2D eigenvalue weighted by Gasteiger charge is 2.24.